The van der Waals surface area contributed by atoms with Gasteiger partial charge >= 0.3 is 0 Å². The topological polar surface area (TPSA) is 86.7 Å². The van der Waals surface area contributed by atoms with Crippen LogP contribution in [0, 0.1) is 11.6 Å². The van der Waals surface area contributed by atoms with Gasteiger partial charge in [0, 0.05) is 12.7 Å². The highest BCUT2D eigenvalue weighted by Crippen LogP contribution is 2.48. The van der Waals surface area contributed by atoms with Gasteiger partial charge in [0.1, 0.15) is 5.69 Å². The highest BCUT2D eigenvalue weighted by atomic mass is 32.2. The molecule has 0 saturated heterocycles. The van der Waals surface area contributed by atoms with Crippen molar-refractivity contribution in [3.8, 4) is 0 Å². The maximum Gasteiger partial charge on any atom is 0.184 e. The fraction of sp³-hybridized carbons (Fsp3) is 0.143. The zero-order chi connectivity index (χ0) is 16.9. The molecule has 0 aliphatic carbocycles. The summed E-state index contributed by atoms with van der Waals surface area (Å²) in [6, 6.07) is 2.15. The number of halogens is 2. The Morgan fingerprint density at radius 1 is 1.22 bits per heavy atom. The Bertz CT molecular complexity index is 790. The molecule has 23 heavy (non-hydrogen) atoms. The molecule has 0 N–H and O–H groups in total. The van der Waals surface area contributed by atoms with Gasteiger partial charge in [-0.25, -0.2) is 8.78 Å². The Hall–Kier alpha value is -2.55. The molecule has 6 nitrogen and oxygen atoms in total. The summed E-state index contributed by atoms with van der Waals surface area (Å²) in [5, 5.41) is 23.6. The van der Waals surface area contributed by atoms with Crippen LogP contribution in [0.4, 0.5) is 20.2 Å². The van der Waals surface area contributed by atoms with Crippen LogP contribution in [-0.4, -0.2) is 25.5 Å². The first-order valence-corrected chi connectivity index (χ1v) is 7.22. The number of carboxylic acid groups (broad SMARTS) is 2. The third-order valence-corrected chi connectivity index (χ3v) is 4.49. The first-order chi connectivity index (χ1) is 10.8. The zero-order valence-corrected chi connectivity index (χ0v) is 12.4. The van der Waals surface area contributed by atoms with Gasteiger partial charge in [-0.05, 0) is 17.5 Å². The lowest BCUT2D eigenvalue weighted by Gasteiger charge is -2.37. The van der Waals surface area contributed by atoms with Gasteiger partial charge in [-0.2, -0.15) is 0 Å². The molecule has 0 fully saturated rings. The maximum absolute atomic E-state index is 14.1. The van der Waals surface area contributed by atoms with Crippen molar-refractivity contribution >= 4 is 35.1 Å². The van der Waals surface area contributed by atoms with Crippen LogP contribution < -0.4 is 20.0 Å². The molecule has 0 bridgehead atoms. The van der Waals surface area contributed by atoms with E-state index in [1.165, 1.54) is 15.9 Å². The number of fused-ring (bicyclic) bond motifs is 3. The minimum atomic E-state index is -1.91. The number of benzene rings is 1. The van der Waals surface area contributed by atoms with Crippen molar-refractivity contribution in [2.75, 3.05) is 23.4 Å². The van der Waals surface area contributed by atoms with E-state index in [0.717, 1.165) is 17.8 Å². The number of carbonyl (C=O) groups excluding carboxylic acids is 2. The molecule has 0 spiro atoms. The van der Waals surface area contributed by atoms with Gasteiger partial charge in [0.05, 0.1) is 34.8 Å². The lowest BCUT2D eigenvalue weighted by Crippen LogP contribution is -2.41. The van der Waals surface area contributed by atoms with Gasteiger partial charge in [-0.15, -0.1) is 0 Å². The Kier molecular flexibility index (Phi) is 3.52. The molecule has 9 heteroatoms. The first-order valence-electron chi connectivity index (χ1n) is 6.35. The molecular formula is C14H8F2N2O4S-2. The molecule has 0 aromatic heterocycles. The summed E-state index contributed by atoms with van der Waals surface area (Å²) in [5.74, 6) is -5.97. The number of hydrogen-bond acceptors (Lipinski definition) is 7. The summed E-state index contributed by atoms with van der Waals surface area (Å²) in [6.07, 6.45) is 0. The minimum Gasteiger partial charge on any atom is -0.545 e. The number of likely N-dealkylation sites (N-methyl/N-ethyl adjacent to an activating group) is 1. The molecule has 3 rings (SSSR count). The van der Waals surface area contributed by atoms with Crippen molar-refractivity contribution in [2.45, 2.75) is 0 Å². The van der Waals surface area contributed by atoms with Crippen LogP contribution in [0.2, 0.25) is 0 Å². The van der Waals surface area contributed by atoms with E-state index in [1.807, 2.05) is 0 Å². The van der Waals surface area contributed by atoms with Crippen molar-refractivity contribution in [2.24, 2.45) is 0 Å². The molecule has 0 saturated carbocycles. The third kappa shape index (κ3) is 2.24. The Morgan fingerprint density at radius 3 is 2.48 bits per heavy atom. The number of anilines is 2. The highest BCUT2D eigenvalue weighted by molar-refractivity contribution is 8.06. The lowest BCUT2D eigenvalue weighted by molar-refractivity contribution is -0.312. The number of rotatable bonds is 2. The number of thioether (sulfide) groups is 1. The van der Waals surface area contributed by atoms with Crippen LogP contribution in [-0.2, 0) is 9.59 Å². The van der Waals surface area contributed by atoms with Crippen molar-refractivity contribution in [3.63, 3.8) is 0 Å². The highest BCUT2D eigenvalue weighted by Gasteiger charge is 2.35. The molecule has 1 aromatic rings. The van der Waals surface area contributed by atoms with Gasteiger partial charge in [-0.3, -0.25) is 0 Å². The average molecular weight is 338 g/mol. The molecule has 0 atom stereocenters. The van der Waals surface area contributed by atoms with Crippen LogP contribution in [0.5, 0.6) is 0 Å². The van der Waals surface area contributed by atoms with E-state index in [-0.39, 0.29) is 22.9 Å². The summed E-state index contributed by atoms with van der Waals surface area (Å²) in [7, 11) is 1.55. The first kappa shape index (κ1) is 15.3. The van der Waals surface area contributed by atoms with E-state index >= 15 is 0 Å². The quantitative estimate of drug-likeness (QED) is 0.409. The zero-order valence-electron chi connectivity index (χ0n) is 11.6. The lowest BCUT2D eigenvalue weighted by atomic mass is 10.1. The Labute approximate surface area is 133 Å². The van der Waals surface area contributed by atoms with Crippen LogP contribution in [0.3, 0.4) is 0 Å². The largest absolute Gasteiger partial charge is 0.545 e. The van der Waals surface area contributed by atoms with E-state index in [2.05, 4.69) is 0 Å². The SMILES string of the molecule is CN1CC2=CSC(=C(C(=O)[O-])C(=O)[O-])N2c2ccc(F)c(F)c21. The molecule has 120 valence electrons. The number of hydrogen-bond donors (Lipinski definition) is 0. The fourth-order valence-electron chi connectivity index (χ4n) is 2.56. The normalized spacial score (nSPS) is 16.0. The molecule has 2 aliphatic heterocycles. The smallest absolute Gasteiger partial charge is 0.184 e. The van der Waals surface area contributed by atoms with Gasteiger partial charge in [-0.1, -0.05) is 11.8 Å². The van der Waals surface area contributed by atoms with E-state index in [9.17, 15) is 28.6 Å². The molecule has 0 radical (unpaired) electrons. The second-order valence-electron chi connectivity index (χ2n) is 4.90. The Balaban J connectivity index is 2.26. The Morgan fingerprint density at radius 2 is 1.87 bits per heavy atom. The minimum absolute atomic E-state index is 0.0850. The van der Waals surface area contributed by atoms with E-state index < -0.39 is 29.1 Å². The second kappa shape index (κ2) is 5.27. The number of nitrogens with zero attached hydrogens (tertiary/aromatic N) is 2. The molecule has 2 heterocycles. The predicted octanol–water partition coefficient (Wildman–Crippen LogP) is -0.479. The predicted molar refractivity (Wildman–Crippen MR) is 74.8 cm³/mol. The number of aliphatic carboxylic acids is 2. The van der Waals surface area contributed by atoms with E-state index in [4.69, 9.17) is 0 Å². The number of carbonyl (C=O) groups is 2. The van der Waals surface area contributed by atoms with Gasteiger partial charge in [0.25, 0.3) is 0 Å². The monoisotopic (exact) mass is 338 g/mol. The van der Waals surface area contributed by atoms with Gasteiger partial charge < -0.3 is 29.6 Å². The van der Waals surface area contributed by atoms with Crippen molar-refractivity contribution < 1.29 is 28.6 Å². The molecule has 0 unspecified atom stereocenters. The van der Waals surface area contributed by atoms with Gasteiger partial charge in [0.15, 0.2) is 11.6 Å². The molecule has 2 aliphatic rings. The summed E-state index contributed by atoms with van der Waals surface area (Å²) < 4.78 is 27.6. The van der Waals surface area contributed by atoms with Crippen molar-refractivity contribution in [1.29, 1.82) is 0 Å². The maximum atomic E-state index is 14.1. The fourth-order valence-corrected chi connectivity index (χ4v) is 3.59. The van der Waals surface area contributed by atoms with E-state index in [1.54, 1.807) is 12.5 Å². The van der Waals surface area contributed by atoms with Crippen LogP contribution in [0.25, 0.3) is 0 Å². The summed E-state index contributed by atoms with van der Waals surface area (Å²) >= 11 is 0.847. The summed E-state index contributed by atoms with van der Waals surface area (Å²) in [5.41, 5.74) is -0.449. The average Bonchev–Trinajstić information content (AvgIpc) is 2.85. The van der Waals surface area contributed by atoms with Crippen LogP contribution in [0.1, 0.15) is 0 Å². The third-order valence-electron chi connectivity index (χ3n) is 3.49. The van der Waals surface area contributed by atoms with Crippen LogP contribution in [0.15, 0.2) is 33.8 Å². The van der Waals surface area contributed by atoms with E-state index in [0.29, 0.717) is 5.70 Å². The molecule has 1 aromatic carbocycles. The number of carboxylic acids is 2. The van der Waals surface area contributed by atoms with Crippen molar-refractivity contribution in [3.05, 3.63) is 45.5 Å². The standard InChI is InChI=1S/C14H10F2N2O4S/c1-17-4-6-5-23-12(9(13(19)20)14(21)22)18(6)8-3-2-7(15)10(16)11(8)17/h2-3,5H,4H2,1H3,(H,19,20)(H,21,22)/p-2. The summed E-state index contributed by atoms with van der Waals surface area (Å²) in [6.45, 7) is 0.150. The molecular weight excluding hydrogens is 330 g/mol. The second-order valence-corrected chi connectivity index (χ2v) is 5.76. The van der Waals surface area contributed by atoms with Gasteiger partial charge in [0.2, 0.25) is 0 Å². The van der Waals surface area contributed by atoms with Crippen molar-refractivity contribution in [1.82, 2.24) is 0 Å². The van der Waals surface area contributed by atoms with Crippen LogP contribution >= 0.6 is 11.8 Å². The molecule has 0 amide bonds. The summed E-state index contributed by atoms with van der Waals surface area (Å²) in [4.78, 5) is 24.9.